The minimum atomic E-state index is -0.180. The summed E-state index contributed by atoms with van der Waals surface area (Å²) in [7, 11) is 0. The molecule has 0 aliphatic heterocycles. The highest BCUT2D eigenvalue weighted by molar-refractivity contribution is 5.23. The van der Waals surface area contributed by atoms with Crippen LogP contribution in [0.3, 0.4) is 0 Å². The summed E-state index contributed by atoms with van der Waals surface area (Å²) in [6.45, 7) is 4.29. The largest absolute Gasteiger partial charge is 0.392 e. The van der Waals surface area contributed by atoms with Gasteiger partial charge in [-0.3, -0.25) is 0 Å². The molecule has 3 atom stereocenters. The van der Waals surface area contributed by atoms with Crippen LogP contribution >= 0.6 is 0 Å². The fourth-order valence-electron chi connectivity index (χ4n) is 2.75. The smallest absolute Gasteiger partial charge is 0.0693 e. The summed E-state index contributed by atoms with van der Waals surface area (Å²) < 4.78 is 0. The Morgan fingerprint density at radius 3 is 2.50 bits per heavy atom. The van der Waals surface area contributed by atoms with Gasteiger partial charge >= 0.3 is 0 Å². The third-order valence-corrected chi connectivity index (χ3v) is 4.02. The Bertz CT molecular complexity index is 360. The highest BCUT2D eigenvalue weighted by Gasteiger charge is 2.23. The monoisotopic (exact) mass is 247 g/mol. The molecule has 1 aliphatic carbocycles. The lowest BCUT2D eigenvalue weighted by Gasteiger charge is -2.26. The van der Waals surface area contributed by atoms with E-state index in [1.54, 1.807) is 0 Å². The van der Waals surface area contributed by atoms with Crippen LogP contribution in [0.15, 0.2) is 24.3 Å². The third-order valence-electron chi connectivity index (χ3n) is 4.02. The van der Waals surface area contributed by atoms with Crippen LogP contribution in [0.2, 0.25) is 0 Å². The van der Waals surface area contributed by atoms with Crippen LogP contribution in [0, 0.1) is 6.92 Å². The van der Waals surface area contributed by atoms with Crippen LogP contribution in [0.25, 0.3) is 0 Å². The molecule has 1 saturated carbocycles. The van der Waals surface area contributed by atoms with Crippen molar-refractivity contribution in [3.8, 4) is 0 Å². The zero-order chi connectivity index (χ0) is 13.0. The fourth-order valence-corrected chi connectivity index (χ4v) is 2.75. The van der Waals surface area contributed by atoms with Gasteiger partial charge in [-0.15, -0.1) is 0 Å². The lowest BCUT2D eigenvalue weighted by Crippen LogP contribution is -2.40. The fraction of sp³-hybridized carbons (Fsp3) is 0.625. The van der Waals surface area contributed by atoms with Gasteiger partial charge < -0.3 is 10.4 Å². The molecule has 100 valence electrons. The van der Waals surface area contributed by atoms with Crippen molar-refractivity contribution < 1.29 is 5.11 Å². The molecule has 2 nitrogen and oxygen atoms in total. The molecule has 2 rings (SSSR count). The zero-order valence-corrected chi connectivity index (χ0v) is 11.5. The predicted molar refractivity (Wildman–Crippen MR) is 75.6 cm³/mol. The van der Waals surface area contributed by atoms with Crippen molar-refractivity contribution in [1.82, 2.24) is 5.32 Å². The van der Waals surface area contributed by atoms with Crippen LogP contribution < -0.4 is 5.32 Å². The summed E-state index contributed by atoms with van der Waals surface area (Å²) in [6, 6.07) is 9.22. The Morgan fingerprint density at radius 1 is 1.11 bits per heavy atom. The maximum Gasteiger partial charge on any atom is 0.0693 e. The van der Waals surface area contributed by atoms with Gasteiger partial charge in [-0.25, -0.2) is 0 Å². The minimum absolute atomic E-state index is 0.180. The molecule has 0 saturated heterocycles. The third kappa shape index (κ3) is 3.56. The minimum Gasteiger partial charge on any atom is -0.392 e. The first-order valence-corrected chi connectivity index (χ1v) is 7.17. The maximum absolute atomic E-state index is 10.1. The molecule has 1 aromatic carbocycles. The van der Waals surface area contributed by atoms with E-state index in [-0.39, 0.29) is 12.1 Å². The number of nitrogens with one attached hydrogen (secondary N) is 1. The molecule has 0 amide bonds. The molecule has 0 heterocycles. The Balaban J connectivity index is 1.97. The van der Waals surface area contributed by atoms with Gasteiger partial charge in [0.05, 0.1) is 6.10 Å². The van der Waals surface area contributed by atoms with Gasteiger partial charge in [0.15, 0.2) is 0 Å². The molecule has 1 aromatic rings. The highest BCUT2D eigenvalue weighted by atomic mass is 16.3. The molecule has 2 heteroatoms. The Hall–Kier alpha value is -0.860. The van der Waals surface area contributed by atoms with Crippen molar-refractivity contribution in [2.24, 2.45) is 0 Å². The lowest BCUT2D eigenvalue weighted by atomic mass is 10.0. The van der Waals surface area contributed by atoms with Crippen molar-refractivity contribution in [1.29, 1.82) is 0 Å². The molecule has 2 N–H and O–H groups in total. The van der Waals surface area contributed by atoms with E-state index in [0.29, 0.717) is 6.04 Å². The summed E-state index contributed by atoms with van der Waals surface area (Å²) in [4.78, 5) is 0. The van der Waals surface area contributed by atoms with Crippen LogP contribution in [0.4, 0.5) is 0 Å². The Labute approximate surface area is 110 Å². The summed E-state index contributed by atoms with van der Waals surface area (Å²) in [5.74, 6) is 0. The van der Waals surface area contributed by atoms with Gasteiger partial charge in [0.25, 0.3) is 0 Å². The summed E-state index contributed by atoms with van der Waals surface area (Å²) in [6.07, 6.45) is 5.51. The highest BCUT2D eigenvalue weighted by Crippen LogP contribution is 2.21. The van der Waals surface area contributed by atoms with Gasteiger partial charge in [0, 0.05) is 12.1 Å². The Morgan fingerprint density at radius 2 is 1.78 bits per heavy atom. The molecule has 1 aliphatic rings. The molecule has 18 heavy (non-hydrogen) atoms. The van der Waals surface area contributed by atoms with E-state index >= 15 is 0 Å². The van der Waals surface area contributed by atoms with Gasteiger partial charge in [0.1, 0.15) is 0 Å². The van der Waals surface area contributed by atoms with Crippen LogP contribution in [-0.2, 0) is 0 Å². The summed E-state index contributed by atoms with van der Waals surface area (Å²) >= 11 is 0. The summed E-state index contributed by atoms with van der Waals surface area (Å²) in [5, 5.41) is 13.7. The van der Waals surface area contributed by atoms with Crippen molar-refractivity contribution in [2.75, 3.05) is 0 Å². The van der Waals surface area contributed by atoms with E-state index in [2.05, 4.69) is 43.4 Å². The topological polar surface area (TPSA) is 32.3 Å². The molecule has 0 aromatic heterocycles. The summed E-state index contributed by atoms with van der Waals surface area (Å²) in [5.41, 5.74) is 2.59. The number of aryl methyl sites for hydroxylation is 1. The molecule has 0 bridgehead atoms. The van der Waals surface area contributed by atoms with E-state index in [4.69, 9.17) is 0 Å². The van der Waals surface area contributed by atoms with Crippen LogP contribution in [0.1, 0.15) is 56.2 Å². The second kappa shape index (κ2) is 6.35. The van der Waals surface area contributed by atoms with E-state index in [9.17, 15) is 5.11 Å². The lowest BCUT2D eigenvalue weighted by molar-refractivity contribution is 0.115. The molecular weight excluding hydrogens is 222 g/mol. The SMILES string of the molecule is Cc1ccc(C(C)NC2CCCCCC2O)cc1. The number of aliphatic hydroxyl groups excluding tert-OH is 1. The average molecular weight is 247 g/mol. The van der Waals surface area contributed by atoms with Crippen LogP contribution in [0.5, 0.6) is 0 Å². The first kappa shape index (κ1) is 13.6. The quantitative estimate of drug-likeness (QED) is 0.803. The van der Waals surface area contributed by atoms with Crippen molar-refractivity contribution in [3.05, 3.63) is 35.4 Å². The van der Waals surface area contributed by atoms with Crippen molar-refractivity contribution >= 4 is 0 Å². The molecule has 0 radical (unpaired) electrons. The standard InChI is InChI=1S/C16H25NO/c1-12-8-10-14(11-9-12)13(2)17-15-6-4-3-5-7-16(15)18/h8-11,13,15-18H,3-7H2,1-2H3. The molecular formula is C16H25NO. The van der Waals surface area contributed by atoms with Crippen molar-refractivity contribution in [2.45, 2.75) is 64.1 Å². The van der Waals surface area contributed by atoms with Gasteiger partial charge in [0.2, 0.25) is 0 Å². The number of hydrogen-bond donors (Lipinski definition) is 2. The molecule has 0 spiro atoms. The van der Waals surface area contributed by atoms with Gasteiger partial charge in [-0.2, -0.15) is 0 Å². The second-order valence-electron chi connectivity index (χ2n) is 5.61. The Kier molecular flexibility index (Phi) is 4.79. The van der Waals surface area contributed by atoms with E-state index in [1.807, 2.05) is 0 Å². The average Bonchev–Trinajstić information content (AvgIpc) is 2.56. The van der Waals surface area contributed by atoms with Gasteiger partial charge in [-0.1, -0.05) is 49.1 Å². The van der Waals surface area contributed by atoms with E-state index in [0.717, 1.165) is 19.3 Å². The van der Waals surface area contributed by atoms with E-state index < -0.39 is 0 Å². The normalized spacial score (nSPS) is 26.6. The molecule has 3 unspecified atom stereocenters. The maximum atomic E-state index is 10.1. The van der Waals surface area contributed by atoms with E-state index in [1.165, 1.54) is 24.0 Å². The number of rotatable bonds is 3. The number of benzene rings is 1. The predicted octanol–water partition coefficient (Wildman–Crippen LogP) is 3.34. The second-order valence-corrected chi connectivity index (χ2v) is 5.61. The van der Waals surface area contributed by atoms with Crippen LogP contribution in [-0.4, -0.2) is 17.3 Å². The zero-order valence-electron chi connectivity index (χ0n) is 11.5. The number of aliphatic hydroxyl groups is 1. The number of hydrogen-bond acceptors (Lipinski definition) is 2. The first-order chi connectivity index (χ1) is 8.66. The van der Waals surface area contributed by atoms with Gasteiger partial charge in [-0.05, 0) is 32.3 Å². The van der Waals surface area contributed by atoms with Crippen molar-refractivity contribution in [3.63, 3.8) is 0 Å². The molecule has 1 fully saturated rings. The first-order valence-electron chi connectivity index (χ1n) is 7.17.